The molecular weight excluding hydrogens is 336 g/mol. The van der Waals surface area contributed by atoms with Crippen LogP contribution in [0.25, 0.3) is 0 Å². The predicted molar refractivity (Wildman–Crippen MR) is 109 cm³/mol. The Morgan fingerprint density at radius 3 is 2.70 bits per heavy atom. The average molecular weight is 362 g/mol. The molecule has 1 N–H and O–H groups in total. The van der Waals surface area contributed by atoms with Crippen molar-refractivity contribution in [3.05, 3.63) is 65.7 Å². The highest BCUT2D eigenvalue weighted by molar-refractivity contribution is 5.98. The van der Waals surface area contributed by atoms with Crippen LogP contribution in [-0.4, -0.2) is 50.0 Å². The Kier molecular flexibility index (Phi) is 5.10. The first kappa shape index (κ1) is 17.6. The first-order valence-corrected chi connectivity index (χ1v) is 9.65. The number of nitrogens with one attached hydrogen (secondary N) is 1. The standard InChI is InChI=1S/C22H26N4O/c1-23-22(25-13-11-19(16-25)17-7-3-2-4-8-17)24-15-21(27)26-14-12-18-9-5-6-10-20(18)26/h2-10,19H,11-16H2,1H3,(H,23,24). The monoisotopic (exact) mass is 362 g/mol. The maximum absolute atomic E-state index is 12.7. The van der Waals surface area contributed by atoms with Gasteiger partial charge in [-0.05, 0) is 30.0 Å². The van der Waals surface area contributed by atoms with Crippen LogP contribution in [0.2, 0.25) is 0 Å². The van der Waals surface area contributed by atoms with E-state index in [9.17, 15) is 4.79 Å². The number of amides is 1. The van der Waals surface area contributed by atoms with Crippen LogP contribution in [0.3, 0.4) is 0 Å². The van der Waals surface area contributed by atoms with Gasteiger partial charge in [0.15, 0.2) is 5.96 Å². The molecule has 1 unspecified atom stereocenters. The third-order valence-electron chi connectivity index (χ3n) is 5.56. The van der Waals surface area contributed by atoms with Gasteiger partial charge < -0.3 is 15.1 Å². The third-order valence-corrected chi connectivity index (χ3v) is 5.56. The summed E-state index contributed by atoms with van der Waals surface area (Å²) >= 11 is 0. The van der Waals surface area contributed by atoms with Crippen LogP contribution in [0.15, 0.2) is 59.6 Å². The zero-order valence-corrected chi connectivity index (χ0v) is 15.8. The second kappa shape index (κ2) is 7.82. The van der Waals surface area contributed by atoms with Gasteiger partial charge in [0.1, 0.15) is 0 Å². The van der Waals surface area contributed by atoms with E-state index in [-0.39, 0.29) is 12.5 Å². The highest BCUT2D eigenvalue weighted by Gasteiger charge is 2.27. The van der Waals surface area contributed by atoms with Crippen LogP contribution in [0.1, 0.15) is 23.5 Å². The number of carbonyl (C=O) groups excluding carboxylic acids is 1. The van der Waals surface area contributed by atoms with Crippen molar-refractivity contribution < 1.29 is 4.79 Å². The smallest absolute Gasteiger partial charge is 0.246 e. The van der Waals surface area contributed by atoms with E-state index in [0.717, 1.165) is 44.1 Å². The number of aliphatic imine (C=N–C) groups is 1. The molecule has 0 radical (unpaired) electrons. The van der Waals surface area contributed by atoms with Crippen molar-refractivity contribution in [3.63, 3.8) is 0 Å². The molecule has 0 bridgehead atoms. The summed E-state index contributed by atoms with van der Waals surface area (Å²) < 4.78 is 0. The number of hydrogen-bond donors (Lipinski definition) is 1. The zero-order chi connectivity index (χ0) is 18.6. The minimum atomic E-state index is 0.0971. The molecule has 2 aliphatic heterocycles. The first-order chi connectivity index (χ1) is 13.3. The fourth-order valence-electron chi connectivity index (χ4n) is 4.13. The van der Waals surface area contributed by atoms with Gasteiger partial charge in [-0.3, -0.25) is 9.79 Å². The Balaban J connectivity index is 1.34. The quantitative estimate of drug-likeness (QED) is 0.675. The molecule has 1 fully saturated rings. The Morgan fingerprint density at radius 2 is 1.89 bits per heavy atom. The van der Waals surface area contributed by atoms with Crippen LogP contribution < -0.4 is 10.2 Å². The van der Waals surface area contributed by atoms with E-state index < -0.39 is 0 Å². The molecule has 4 rings (SSSR count). The number of nitrogens with zero attached hydrogens (tertiary/aromatic N) is 3. The summed E-state index contributed by atoms with van der Waals surface area (Å²) in [5.41, 5.74) is 3.67. The van der Waals surface area contributed by atoms with Gasteiger partial charge in [-0.1, -0.05) is 48.5 Å². The van der Waals surface area contributed by atoms with Crippen molar-refractivity contribution >= 4 is 17.6 Å². The van der Waals surface area contributed by atoms with Gasteiger partial charge in [0.2, 0.25) is 5.91 Å². The van der Waals surface area contributed by atoms with Crippen molar-refractivity contribution in [2.45, 2.75) is 18.8 Å². The lowest BCUT2D eigenvalue weighted by molar-refractivity contribution is -0.117. The first-order valence-electron chi connectivity index (χ1n) is 9.65. The Hall–Kier alpha value is -2.82. The molecule has 5 heteroatoms. The maximum atomic E-state index is 12.7. The van der Waals surface area contributed by atoms with Gasteiger partial charge in [-0.15, -0.1) is 0 Å². The number of carbonyl (C=O) groups is 1. The van der Waals surface area contributed by atoms with E-state index in [4.69, 9.17) is 0 Å². The number of rotatable bonds is 3. The highest BCUT2D eigenvalue weighted by atomic mass is 16.2. The molecule has 0 aromatic heterocycles. The van der Waals surface area contributed by atoms with Gasteiger partial charge in [-0.2, -0.15) is 0 Å². The summed E-state index contributed by atoms with van der Waals surface area (Å²) in [4.78, 5) is 21.3. The van der Waals surface area contributed by atoms with Crippen molar-refractivity contribution in [1.82, 2.24) is 10.2 Å². The SMILES string of the molecule is CN=C(NCC(=O)N1CCc2ccccc21)N1CCC(c2ccccc2)C1. The fraction of sp³-hybridized carbons (Fsp3) is 0.364. The number of hydrogen-bond acceptors (Lipinski definition) is 2. The minimum absolute atomic E-state index is 0.0971. The largest absolute Gasteiger partial charge is 0.347 e. The number of para-hydroxylation sites is 1. The van der Waals surface area contributed by atoms with Crippen LogP contribution in [-0.2, 0) is 11.2 Å². The number of anilines is 1. The van der Waals surface area contributed by atoms with Crippen molar-refractivity contribution in [1.29, 1.82) is 0 Å². The summed E-state index contributed by atoms with van der Waals surface area (Å²) in [7, 11) is 1.79. The molecule has 0 saturated carbocycles. The van der Waals surface area contributed by atoms with Crippen LogP contribution in [0, 0.1) is 0 Å². The summed E-state index contributed by atoms with van der Waals surface area (Å²) in [5.74, 6) is 1.43. The summed E-state index contributed by atoms with van der Waals surface area (Å²) in [6.45, 7) is 2.93. The normalized spacial score (nSPS) is 19.3. The number of fused-ring (bicyclic) bond motifs is 1. The van der Waals surface area contributed by atoms with Gasteiger partial charge in [-0.25, -0.2) is 0 Å². The summed E-state index contributed by atoms with van der Waals surface area (Å²) in [5, 5.41) is 3.28. The zero-order valence-electron chi connectivity index (χ0n) is 15.8. The second-order valence-corrected chi connectivity index (χ2v) is 7.17. The molecule has 1 amide bonds. The topological polar surface area (TPSA) is 47.9 Å². The molecule has 0 spiro atoms. The molecule has 2 heterocycles. The van der Waals surface area contributed by atoms with Crippen molar-refractivity contribution in [3.8, 4) is 0 Å². The molecule has 2 aromatic rings. The lowest BCUT2D eigenvalue weighted by Gasteiger charge is -2.23. The van der Waals surface area contributed by atoms with E-state index in [1.54, 1.807) is 7.05 Å². The van der Waals surface area contributed by atoms with E-state index in [1.807, 2.05) is 23.1 Å². The lowest BCUT2D eigenvalue weighted by Crippen LogP contribution is -2.45. The fourth-order valence-corrected chi connectivity index (χ4v) is 4.13. The Labute approximate surface area is 160 Å². The predicted octanol–water partition coefficient (Wildman–Crippen LogP) is 2.64. The molecule has 27 heavy (non-hydrogen) atoms. The van der Waals surface area contributed by atoms with Gasteiger partial charge in [0.25, 0.3) is 0 Å². The van der Waals surface area contributed by atoms with Crippen LogP contribution in [0.5, 0.6) is 0 Å². The molecular formula is C22H26N4O. The molecule has 0 aliphatic carbocycles. The summed E-state index contributed by atoms with van der Waals surface area (Å²) in [6, 6.07) is 18.8. The second-order valence-electron chi connectivity index (χ2n) is 7.17. The van der Waals surface area contributed by atoms with E-state index in [1.165, 1.54) is 11.1 Å². The Bertz CT molecular complexity index is 833. The molecule has 2 aromatic carbocycles. The Morgan fingerprint density at radius 1 is 1.11 bits per heavy atom. The number of guanidine groups is 1. The van der Waals surface area contributed by atoms with Gasteiger partial charge in [0.05, 0.1) is 6.54 Å². The lowest BCUT2D eigenvalue weighted by atomic mass is 9.99. The third kappa shape index (κ3) is 3.68. The average Bonchev–Trinajstić information content (AvgIpc) is 3.37. The number of likely N-dealkylation sites (tertiary alicyclic amines) is 1. The molecule has 1 atom stereocenters. The number of benzene rings is 2. The van der Waals surface area contributed by atoms with Crippen LogP contribution >= 0.6 is 0 Å². The van der Waals surface area contributed by atoms with E-state index in [2.05, 4.69) is 51.6 Å². The van der Waals surface area contributed by atoms with Gasteiger partial charge >= 0.3 is 0 Å². The van der Waals surface area contributed by atoms with Crippen molar-refractivity contribution in [2.24, 2.45) is 4.99 Å². The minimum Gasteiger partial charge on any atom is -0.347 e. The molecule has 140 valence electrons. The van der Waals surface area contributed by atoms with E-state index >= 15 is 0 Å². The highest BCUT2D eigenvalue weighted by Crippen LogP contribution is 2.28. The molecule has 1 saturated heterocycles. The van der Waals surface area contributed by atoms with E-state index in [0.29, 0.717) is 5.92 Å². The summed E-state index contributed by atoms with van der Waals surface area (Å²) in [6.07, 6.45) is 2.04. The van der Waals surface area contributed by atoms with Crippen LogP contribution in [0.4, 0.5) is 5.69 Å². The molecule has 2 aliphatic rings. The molecule has 5 nitrogen and oxygen atoms in total. The maximum Gasteiger partial charge on any atom is 0.246 e. The van der Waals surface area contributed by atoms with Crippen molar-refractivity contribution in [2.75, 3.05) is 38.1 Å². The van der Waals surface area contributed by atoms with Gasteiger partial charge in [0, 0.05) is 38.3 Å².